The van der Waals surface area contributed by atoms with Gasteiger partial charge in [-0.1, -0.05) is 12.1 Å². The third kappa shape index (κ3) is 9.76. The van der Waals surface area contributed by atoms with E-state index in [9.17, 15) is 19.2 Å². The van der Waals surface area contributed by atoms with Crippen LogP contribution in [0.5, 0.6) is 11.5 Å². The fourth-order valence-electron chi connectivity index (χ4n) is 4.17. The number of likely N-dealkylation sites (N-methyl/N-ethyl adjacent to an activating group) is 1. The number of nitrogens with one attached hydrogen (secondary N) is 3. The first-order chi connectivity index (χ1) is 19.7. The van der Waals surface area contributed by atoms with E-state index in [1.165, 1.54) is 0 Å². The topological polar surface area (TPSA) is 178 Å². The van der Waals surface area contributed by atoms with E-state index in [0.717, 1.165) is 22.3 Å². The molecule has 0 radical (unpaired) electrons. The molecule has 0 aliphatic heterocycles. The normalized spacial score (nSPS) is 12.8. The molecule has 0 spiro atoms. The van der Waals surface area contributed by atoms with Gasteiger partial charge in [0.1, 0.15) is 30.8 Å². The van der Waals surface area contributed by atoms with Crippen molar-refractivity contribution >= 4 is 24.6 Å². The van der Waals surface area contributed by atoms with Gasteiger partial charge in [0, 0.05) is 37.3 Å². The van der Waals surface area contributed by atoms with E-state index in [2.05, 4.69) is 16.0 Å². The Labute approximate surface area is 241 Å². The Morgan fingerprint density at radius 1 is 0.927 bits per heavy atom. The van der Waals surface area contributed by atoms with Crippen LogP contribution in [0, 0.1) is 0 Å². The third-order valence-electron chi connectivity index (χ3n) is 6.52. The summed E-state index contributed by atoms with van der Waals surface area (Å²) in [6.07, 6.45) is 1.50. The highest BCUT2D eigenvalue weighted by atomic mass is 16.5. The largest absolute Gasteiger partial charge is 0.492 e. The smallest absolute Gasteiger partial charge is 0.242 e. The Morgan fingerprint density at radius 2 is 1.54 bits per heavy atom. The maximum Gasteiger partial charge on any atom is 0.242 e. The predicted molar refractivity (Wildman–Crippen MR) is 156 cm³/mol. The van der Waals surface area contributed by atoms with Gasteiger partial charge in [-0.2, -0.15) is 0 Å². The molecule has 0 bridgehead atoms. The van der Waals surface area contributed by atoms with Gasteiger partial charge in [-0.25, -0.2) is 0 Å². The van der Waals surface area contributed by atoms with Crippen molar-refractivity contribution in [1.82, 2.24) is 20.9 Å². The summed E-state index contributed by atoms with van der Waals surface area (Å²) in [4.78, 5) is 47.8. The van der Waals surface area contributed by atoms with E-state index in [1.807, 2.05) is 50.2 Å². The van der Waals surface area contributed by atoms with Crippen LogP contribution in [0.2, 0.25) is 0 Å². The molecule has 0 saturated carbocycles. The van der Waals surface area contributed by atoms with Gasteiger partial charge in [0.2, 0.25) is 24.6 Å². The monoisotopic (exact) mass is 570 g/mol. The van der Waals surface area contributed by atoms with Gasteiger partial charge in [-0.05, 0) is 62.6 Å². The van der Waals surface area contributed by atoms with E-state index in [1.54, 1.807) is 18.9 Å². The van der Waals surface area contributed by atoms with Crippen molar-refractivity contribution in [2.24, 2.45) is 11.5 Å². The molecule has 0 aromatic heterocycles. The molecule has 7 N–H and O–H groups in total. The summed E-state index contributed by atoms with van der Waals surface area (Å²) in [5.41, 5.74) is 14.7. The molecule has 224 valence electrons. The summed E-state index contributed by atoms with van der Waals surface area (Å²) < 4.78 is 12.0. The van der Waals surface area contributed by atoms with Crippen LogP contribution in [0.1, 0.15) is 37.9 Å². The van der Waals surface area contributed by atoms with Gasteiger partial charge in [0.15, 0.2) is 0 Å². The SMILES string of the molecule is CC(Cc1ccc(OCCN)c(-c2cc(C(C)N(C)C(=O)CNC=O)ccc2OCCN)c1)NC(=O)[C@H](C)NC=O. The van der Waals surface area contributed by atoms with Crippen molar-refractivity contribution in [3.63, 3.8) is 0 Å². The fourth-order valence-corrected chi connectivity index (χ4v) is 4.17. The number of amides is 4. The molecule has 0 aliphatic carbocycles. The Balaban J connectivity index is 2.50. The van der Waals surface area contributed by atoms with E-state index in [0.29, 0.717) is 57.0 Å². The van der Waals surface area contributed by atoms with Crippen molar-refractivity contribution in [1.29, 1.82) is 0 Å². The summed E-state index contributed by atoms with van der Waals surface area (Å²) in [7, 11) is 1.68. The molecule has 0 saturated heterocycles. The van der Waals surface area contributed by atoms with Gasteiger partial charge in [-0.15, -0.1) is 0 Å². The number of nitrogens with two attached hydrogens (primary N) is 2. The Kier molecular flexibility index (Phi) is 13.6. The standard InChI is InChI=1S/C29H42N6O6/c1-19(34-29(39)20(2)33-18-37)13-22-5-7-26(40-11-9-30)24(14-22)25-15-23(6-8-27(25)41-12-10-31)21(3)35(4)28(38)16-32-17-36/h5-8,14-15,17-21H,9-13,16,30-31H2,1-4H3,(H,32,36)(H,33,37)(H,34,39)/t19?,20-,21?/m0/s1. The summed E-state index contributed by atoms with van der Waals surface area (Å²) in [6, 6.07) is 10.2. The highest BCUT2D eigenvalue weighted by Gasteiger charge is 2.21. The maximum absolute atomic E-state index is 12.5. The van der Waals surface area contributed by atoms with Crippen molar-refractivity contribution < 1.29 is 28.7 Å². The van der Waals surface area contributed by atoms with Crippen molar-refractivity contribution in [3.8, 4) is 22.6 Å². The Morgan fingerprint density at radius 3 is 2.12 bits per heavy atom. The second kappa shape index (κ2) is 16.8. The van der Waals surface area contributed by atoms with Gasteiger partial charge < -0.3 is 41.8 Å². The molecule has 2 aromatic rings. The molecule has 4 amide bonds. The van der Waals surface area contributed by atoms with Crippen molar-refractivity contribution in [3.05, 3.63) is 47.5 Å². The minimum atomic E-state index is -0.649. The summed E-state index contributed by atoms with van der Waals surface area (Å²) in [6.45, 7) is 6.53. The summed E-state index contributed by atoms with van der Waals surface area (Å²) in [5.74, 6) is 0.667. The highest BCUT2D eigenvalue weighted by molar-refractivity contribution is 5.83. The fraction of sp³-hybridized carbons (Fsp3) is 0.448. The number of hydrogen-bond donors (Lipinski definition) is 5. The average Bonchev–Trinajstić information content (AvgIpc) is 2.97. The molecule has 2 aromatic carbocycles. The Hall–Kier alpha value is -4.16. The van der Waals surface area contributed by atoms with E-state index >= 15 is 0 Å². The average molecular weight is 571 g/mol. The van der Waals surface area contributed by atoms with E-state index in [-0.39, 0.29) is 30.4 Å². The van der Waals surface area contributed by atoms with E-state index in [4.69, 9.17) is 20.9 Å². The second-order valence-electron chi connectivity index (χ2n) is 9.66. The van der Waals surface area contributed by atoms with Crippen molar-refractivity contribution in [2.75, 3.05) is 39.9 Å². The number of carbonyl (C=O) groups is 4. The van der Waals surface area contributed by atoms with Crippen LogP contribution in [0.3, 0.4) is 0 Å². The van der Waals surface area contributed by atoms with Crippen LogP contribution in [0.4, 0.5) is 0 Å². The lowest BCUT2D eigenvalue weighted by atomic mass is 9.95. The number of hydrogen-bond acceptors (Lipinski definition) is 8. The zero-order chi connectivity index (χ0) is 30.4. The quantitative estimate of drug-likeness (QED) is 0.161. The van der Waals surface area contributed by atoms with Crippen molar-refractivity contribution in [2.45, 2.75) is 45.3 Å². The molecule has 0 heterocycles. The lowest BCUT2D eigenvalue weighted by Gasteiger charge is -2.26. The molecule has 12 heteroatoms. The number of rotatable bonds is 18. The zero-order valence-corrected chi connectivity index (χ0v) is 24.1. The minimum absolute atomic E-state index is 0.104. The lowest BCUT2D eigenvalue weighted by molar-refractivity contribution is -0.131. The second-order valence-corrected chi connectivity index (χ2v) is 9.66. The highest BCUT2D eigenvalue weighted by Crippen LogP contribution is 2.39. The van der Waals surface area contributed by atoms with Crippen LogP contribution in [0.15, 0.2) is 36.4 Å². The molecule has 12 nitrogen and oxygen atoms in total. The maximum atomic E-state index is 12.5. The lowest BCUT2D eigenvalue weighted by Crippen LogP contribution is -2.45. The number of benzene rings is 2. The van der Waals surface area contributed by atoms with E-state index < -0.39 is 6.04 Å². The van der Waals surface area contributed by atoms with Crippen LogP contribution in [-0.2, 0) is 25.6 Å². The molecule has 2 rings (SSSR count). The number of nitrogens with zero attached hydrogens (tertiary/aromatic N) is 1. The van der Waals surface area contributed by atoms with Gasteiger partial charge in [0.05, 0.1) is 12.6 Å². The molecule has 0 aliphatic rings. The molecule has 41 heavy (non-hydrogen) atoms. The van der Waals surface area contributed by atoms with Crippen LogP contribution >= 0.6 is 0 Å². The number of carbonyl (C=O) groups excluding carboxylic acids is 4. The minimum Gasteiger partial charge on any atom is -0.492 e. The third-order valence-corrected chi connectivity index (χ3v) is 6.52. The zero-order valence-electron chi connectivity index (χ0n) is 24.1. The molecular formula is C29H42N6O6. The molecule has 2 unspecified atom stereocenters. The van der Waals surface area contributed by atoms with Gasteiger partial charge in [-0.3, -0.25) is 19.2 Å². The van der Waals surface area contributed by atoms with Gasteiger partial charge >= 0.3 is 0 Å². The predicted octanol–water partition coefficient (Wildman–Crippen LogP) is 0.476. The molecule has 0 fully saturated rings. The summed E-state index contributed by atoms with van der Waals surface area (Å²) >= 11 is 0. The van der Waals surface area contributed by atoms with Crippen LogP contribution in [0.25, 0.3) is 11.1 Å². The first-order valence-corrected chi connectivity index (χ1v) is 13.5. The number of ether oxygens (including phenoxy) is 2. The first kappa shape index (κ1) is 33.0. The first-order valence-electron chi connectivity index (χ1n) is 13.5. The Bertz CT molecular complexity index is 1180. The molecule has 3 atom stereocenters. The molecular weight excluding hydrogens is 528 g/mol. The summed E-state index contributed by atoms with van der Waals surface area (Å²) in [5, 5.41) is 7.76. The van der Waals surface area contributed by atoms with Crippen LogP contribution < -0.4 is 36.9 Å². The van der Waals surface area contributed by atoms with Crippen LogP contribution in [-0.4, -0.2) is 81.5 Å². The van der Waals surface area contributed by atoms with Gasteiger partial charge in [0.25, 0.3) is 0 Å².